The van der Waals surface area contributed by atoms with Crippen molar-refractivity contribution in [3.8, 4) is 5.75 Å². The van der Waals surface area contributed by atoms with Crippen molar-refractivity contribution in [2.24, 2.45) is 0 Å². The molecular weight excluding hydrogens is 348 g/mol. The first kappa shape index (κ1) is 17.8. The van der Waals surface area contributed by atoms with Crippen LogP contribution < -0.4 is 15.0 Å². The van der Waals surface area contributed by atoms with Gasteiger partial charge in [0.15, 0.2) is 0 Å². The van der Waals surface area contributed by atoms with Crippen molar-refractivity contribution in [1.82, 2.24) is 15.3 Å². The van der Waals surface area contributed by atoms with Gasteiger partial charge in [-0.25, -0.2) is 14.8 Å². The number of nitrogens with zero attached hydrogens (tertiary/aromatic N) is 3. The lowest BCUT2D eigenvalue weighted by molar-refractivity contribution is 0.122. The van der Waals surface area contributed by atoms with Crippen molar-refractivity contribution >= 4 is 22.7 Å². The zero-order chi connectivity index (χ0) is 18.6. The maximum absolute atomic E-state index is 10.8. The normalized spacial score (nSPS) is 23.2. The van der Waals surface area contributed by atoms with Crippen LogP contribution in [0.25, 0.3) is 10.9 Å². The molecule has 1 aliphatic carbocycles. The van der Waals surface area contributed by atoms with Crippen molar-refractivity contribution in [1.29, 1.82) is 0 Å². The molecule has 1 aromatic carbocycles. The summed E-state index contributed by atoms with van der Waals surface area (Å²) in [5.74, 6) is 0.796. The lowest BCUT2D eigenvalue weighted by Gasteiger charge is -2.31. The smallest absolute Gasteiger partial charge is 0.404 e. The van der Waals surface area contributed by atoms with Gasteiger partial charge >= 0.3 is 6.09 Å². The molecule has 0 bridgehead atoms. The highest BCUT2D eigenvalue weighted by Crippen LogP contribution is 2.33. The Balaban J connectivity index is 1.53. The molecule has 1 saturated heterocycles. The molecule has 1 saturated carbocycles. The van der Waals surface area contributed by atoms with E-state index in [1.54, 1.807) is 12.5 Å². The van der Waals surface area contributed by atoms with Gasteiger partial charge in [-0.1, -0.05) is 0 Å². The van der Waals surface area contributed by atoms with Gasteiger partial charge in [0.05, 0.1) is 30.2 Å². The molecule has 8 heteroatoms. The van der Waals surface area contributed by atoms with Crippen LogP contribution in [0.15, 0.2) is 24.7 Å². The molecule has 1 aromatic heterocycles. The molecule has 0 unspecified atom stereocenters. The first-order valence-electron chi connectivity index (χ1n) is 9.41. The fraction of sp³-hybridized carbons (Fsp3) is 0.526. The molecule has 27 heavy (non-hydrogen) atoms. The second kappa shape index (κ2) is 7.96. The number of rotatable bonds is 4. The summed E-state index contributed by atoms with van der Waals surface area (Å²) in [5, 5.41) is 12.3. The van der Waals surface area contributed by atoms with E-state index in [4.69, 9.17) is 14.6 Å². The summed E-state index contributed by atoms with van der Waals surface area (Å²) in [4.78, 5) is 21.7. The third-order valence-electron chi connectivity index (χ3n) is 5.24. The van der Waals surface area contributed by atoms with E-state index < -0.39 is 6.09 Å². The zero-order valence-corrected chi connectivity index (χ0v) is 15.1. The molecule has 1 aliphatic heterocycles. The quantitative estimate of drug-likeness (QED) is 0.851. The molecule has 2 aromatic rings. The van der Waals surface area contributed by atoms with E-state index in [9.17, 15) is 4.79 Å². The summed E-state index contributed by atoms with van der Waals surface area (Å²) < 4.78 is 11.8. The van der Waals surface area contributed by atoms with E-state index >= 15 is 0 Å². The lowest BCUT2D eigenvalue weighted by atomic mass is 9.93. The van der Waals surface area contributed by atoms with E-state index in [1.165, 1.54) is 0 Å². The molecule has 2 heterocycles. The molecule has 0 spiro atoms. The molecule has 4 rings (SSSR count). The Morgan fingerprint density at radius 3 is 2.74 bits per heavy atom. The molecule has 144 valence electrons. The number of amides is 1. The predicted molar refractivity (Wildman–Crippen MR) is 100 cm³/mol. The highest BCUT2D eigenvalue weighted by atomic mass is 16.5. The standard InChI is InChI=1S/C19H24N4O4/c24-19(25)22-13-1-3-15(4-2-13)27-18-10-14(23-5-7-26-8-6-23)9-17-16(18)11-20-12-21-17/h9-13,15,22H,1-8H2,(H,24,25). The van der Waals surface area contributed by atoms with Gasteiger partial charge in [-0.15, -0.1) is 0 Å². The van der Waals surface area contributed by atoms with Gasteiger partial charge in [-0.3, -0.25) is 0 Å². The Morgan fingerprint density at radius 1 is 1.22 bits per heavy atom. The Bertz CT molecular complexity index is 801. The third-order valence-corrected chi connectivity index (χ3v) is 5.24. The second-order valence-electron chi connectivity index (χ2n) is 7.04. The fourth-order valence-corrected chi connectivity index (χ4v) is 3.82. The topological polar surface area (TPSA) is 96.8 Å². The van der Waals surface area contributed by atoms with Crippen LogP contribution in [0.1, 0.15) is 25.7 Å². The minimum Gasteiger partial charge on any atom is -0.490 e. The highest BCUT2D eigenvalue weighted by molar-refractivity contribution is 5.88. The van der Waals surface area contributed by atoms with Crippen LogP contribution in [0, 0.1) is 0 Å². The average Bonchev–Trinajstić information content (AvgIpc) is 2.70. The van der Waals surface area contributed by atoms with Gasteiger partial charge in [0.2, 0.25) is 0 Å². The molecule has 2 N–H and O–H groups in total. The number of carboxylic acid groups (broad SMARTS) is 1. The van der Waals surface area contributed by atoms with Crippen molar-refractivity contribution in [2.75, 3.05) is 31.2 Å². The number of anilines is 1. The van der Waals surface area contributed by atoms with Crippen LogP contribution >= 0.6 is 0 Å². The van der Waals surface area contributed by atoms with Crippen molar-refractivity contribution in [3.05, 3.63) is 24.7 Å². The maximum atomic E-state index is 10.8. The molecule has 1 amide bonds. The van der Waals surface area contributed by atoms with Crippen LogP contribution in [0.2, 0.25) is 0 Å². The van der Waals surface area contributed by atoms with Gasteiger partial charge < -0.3 is 24.8 Å². The largest absolute Gasteiger partial charge is 0.490 e. The maximum Gasteiger partial charge on any atom is 0.404 e. The van der Waals surface area contributed by atoms with Crippen molar-refractivity contribution in [2.45, 2.75) is 37.8 Å². The number of carbonyl (C=O) groups is 1. The first-order chi connectivity index (χ1) is 13.2. The molecule has 2 fully saturated rings. The predicted octanol–water partition coefficient (Wildman–Crippen LogP) is 2.42. The monoisotopic (exact) mass is 372 g/mol. The van der Waals surface area contributed by atoms with Gasteiger partial charge in [0.1, 0.15) is 12.1 Å². The van der Waals surface area contributed by atoms with Crippen LogP contribution in [0.5, 0.6) is 5.75 Å². The van der Waals surface area contributed by atoms with E-state index in [0.717, 1.165) is 74.3 Å². The van der Waals surface area contributed by atoms with E-state index in [0.29, 0.717) is 0 Å². The number of nitrogens with one attached hydrogen (secondary N) is 1. The van der Waals surface area contributed by atoms with Gasteiger partial charge in [-0.2, -0.15) is 0 Å². The molecule has 0 atom stereocenters. The van der Waals surface area contributed by atoms with Crippen LogP contribution in [-0.2, 0) is 4.74 Å². The summed E-state index contributed by atoms with van der Waals surface area (Å²) in [5.41, 5.74) is 1.95. The summed E-state index contributed by atoms with van der Waals surface area (Å²) in [7, 11) is 0. The van der Waals surface area contributed by atoms with Crippen LogP contribution in [-0.4, -0.2) is 59.6 Å². The van der Waals surface area contributed by atoms with Gasteiger partial charge in [-0.05, 0) is 31.7 Å². The number of aromatic nitrogens is 2. The fourth-order valence-electron chi connectivity index (χ4n) is 3.82. The van der Waals surface area contributed by atoms with E-state index in [1.807, 2.05) is 0 Å². The van der Waals surface area contributed by atoms with Crippen LogP contribution in [0.4, 0.5) is 10.5 Å². The number of hydrogen-bond acceptors (Lipinski definition) is 6. The third kappa shape index (κ3) is 4.21. The average molecular weight is 372 g/mol. The first-order valence-corrected chi connectivity index (χ1v) is 9.41. The van der Waals surface area contributed by atoms with Gasteiger partial charge in [0.25, 0.3) is 0 Å². The Hall–Kier alpha value is -2.61. The Morgan fingerprint density at radius 2 is 2.00 bits per heavy atom. The summed E-state index contributed by atoms with van der Waals surface area (Å²) in [6, 6.07) is 4.16. The van der Waals surface area contributed by atoms with Gasteiger partial charge in [0, 0.05) is 37.1 Å². The van der Waals surface area contributed by atoms with Crippen molar-refractivity contribution in [3.63, 3.8) is 0 Å². The summed E-state index contributed by atoms with van der Waals surface area (Å²) in [6.07, 6.45) is 5.67. The minimum absolute atomic E-state index is 0.0158. The number of morpholine rings is 1. The molecule has 0 radical (unpaired) electrons. The number of benzene rings is 1. The number of hydrogen-bond donors (Lipinski definition) is 2. The molecule has 8 nitrogen and oxygen atoms in total. The van der Waals surface area contributed by atoms with E-state index in [2.05, 4.69) is 32.3 Å². The Labute approximate surface area is 157 Å². The SMILES string of the molecule is O=C(O)NC1CCC(Oc2cc(N3CCOCC3)cc3ncncc23)CC1. The highest BCUT2D eigenvalue weighted by Gasteiger charge is 2.24. The number of ether oxygens (including phenoxy) is 2. The minimum atomic E-state index is -0.958. The lowest BCUT2D eigenvalue weighted by Crippen LogP contribution is -2.39. The van der Waals surface area contributed by atoms with Crippen LogP contribution in [0.3, 0.4) is 0 Å². The second-order valence-corrected chi connectivity index (χ2v) is 7.04. The van der Waals surface area contributed by atoms with Crippen molar-refractivity contribution < 1.29 is 19.4 Å². The summed E-state index contributed by atoms with van der Waals surface area (Å²) in [6.45, 7) is 3.14. The van der Waals surface area contributed by atoms with E-state index in [-0.39, 0.29) is 12.1 Å². The molecular formula is C19H24N4O4. The zero-order valence-electron chi connectivity index (χ0n) is 15.1. The summed E-state index contributed by atoms with van der Waals surface area (Å²) >= 11 is 0. The number of fused-ring (bicyclic) bond motifs is 1. The molecule has 2 aliphatic rings. The Kier molecular flexibility index (Phi) is 5.24.